The number of rotatable bonds is 4. The highest BCUT2D eigenvalue weighted by atomic mass is 32.2. The van der Waals surface area contributed by atoms with E-state index in [0.29, 0.717) is 0 Å². The number of hydrogen-bond donors (Lipinski definition) is 2. The molecule has 0 radical (unpaired) electrons. The third-order valence-electron chi connectivity index (χ3n) is 3.26. The second-order valence-electron chi connectivity index (χ2n) is 4.74. The topological polar surface area (TPSA) is 69.6 Å². The van der Waals surface area contributed by atoms with Gasteiger partial charge in [0.05, 0.1) is 12.5 Å². The van der Waals surface area contributed by atoms with Gasteiger partial charge in [0.25, 0.3) is 0 Å². The van der Waals surface area contributed by atoms with Gasteiger partial charge in [-0.3, -0.25) is 4.79 Å². The van der Waals surface area contributed by atoms with E-state index in [2.05, 4.69) is 11.4 Å². The van der Waals surface area contributed by atoms with E-state index < -0.39 is 5.97 Å². The maximum absolute atomic E-state index is 12.0. The molecule has 1 heterocycles. The lowest BCUT2D eigenvalue weighted by molar-refractivity contribution is -0.137. The first kappa shape index (κ1) is 14.7. The molecular weight excluding hydrogens is 276 g/mol. The lowest BCUT2D eigenvalue weighted by Gasteiger charge is -2.28. The Bertz CT molecular complexity index is 507. The number of amides is 2. The van der Waals surface area contributed by atoms with E-state index in [1.807, 2.05) is 18.2 Å². The van der Waals surface area contributed by atoms with Gasteiger partial charge in [-0.2, -0.15) is 0 Å². The SMILES string of the molecule is CN(CCC(=O)O)C(=O)NC1CCSc2ccccc21. The molecule has 0 bridgehead atoms. The molecule has 0 aromatic heterocycles. The summed E-state index contributed by atoms with van der Waals surface area (Å²) < 4.78 is 0. The van der Waals surface area contributed by atoms with Crippen LogP contribution >= 0.6 is 11.8 Å². The van der Waals surface area contributed by atoms with Crippen molar-refractivity contribution in [2.45, 2.75) is 23.8 Å². The third kappa shape index (κ3) is 3.66. The number of thioether (sulfide) groups is 1. The molecule has 0 saturated heterocycles. The summed E-state index contributed by atoms with van der Waals surface area (Å²) in [6.07, 6.45) is 0.848. The molecule has 1 unspecified atom stereocenters. The van der Waals surface area contributed by atoms with Crippen LogP contribution in [0.15, 0.2) is 29.2 Å². The summed E-state index contributed by atoms with van der Waals surface area (Å²) in [7, 11) is 1.61. The largest absolute Gasteiger partial charge is 0.481 e. The van der Waals surface area contributed by atoms with Gasteiger partial charge in [0.1, 0.15) is 0 Å². The summed E-state index contributed by atoms with van der Waals surface area (Å²) in [5.41, 5.74) is 1.14. The number of aliphatic carboxylic acids is 1. The Balaban J connectivity index is 1.97. The molecule has 0 saturated carbocycles. The van der Waals surface area contributed by atoms with E-state index in [4.69, 9.17) is 5.11 Å². The zero-order valence-electron chi connectivity index (χ0n) is 11.3. The minimum atomic E-state index is -0.899. The van der Waals surface area contributed by atoms with Crippen LogP contribution in [-0.2, 0) is 4.79 Å². The van der Waals surface area contributed by atoms with Crippen LogP contribution in [0.25, 0.3) is 0 Å². The zero-order valence-corrected chi connectivity index (χ0v) is 12.2. The van der Waals surface area contributed by atoms with E-state index in [1.54, 1.807) is 18.8 Å². The van der Waals surface area contributed by atoms with Gasteiger partial charge in [0, 0.05) is 24.2 Å². The molecule has 1 atom stereocenters. The number of nitrogens with one attached hydrogen (secondary N) is 1. The van der Waals surface area contributed by atoms with Crippen molar-refractivity contribution < 1.29 is 14.7 Å². The highest BCUT2D eigenvalue weighted by molar-refractivity contribution is 7.99. The van der Waals surface area contributed by atoms with Crippen molar-refractivity contribution in [1.29, 1.82) is 0 Å². The highest BCUT2D eigenvalue weighted by Gasteiger charge is 2.23. The monoisotopic (exact) mass is 294 g/mol. The average Bonchev–Trinajstić information content (AvgIpc) is 2.45. The van der Waals surface area contributed by atoms with Crippen molar-refractivity contribution in [2.24, 2.45) is 0 Å². The molecule has 0 fully saturated rings. The molecule has 1 aliphatic rings. The lowest BCUT2D eigenvalue weighted by Crippen LogP contribution is -2.41. The van der Waals surface area contributed by atoms with Crippen molar-refractivity contribution in [3.63, 3.8) is 0 Å². The van der Waals surface area contributed by atoms with Crippen LogP contribution in [0.1, 0.15) is 24.4 Å². The Morgan fingerprint density at radius 3 is 2.95 bits per heavy atom. The molecule has 2 amide bonds. The van der Waals surface area contributed by atoms with Crippen LogP contribution in [-0.4, -0.2) is 41.4 Å². The van der Waals surface area contributed by atoms with E-state index in [9.17, 15) is 9.59 Å². The van der Waals surface area contributed by atoms with E-state index in [1.165, 1.54) is 9.80 Å². The zero-order chi connectivity index (χ0) is 14.5. The van der Waals surface area contributed by atoms with Crippen LogP contribution in [0.2, 0.25) is 0 Å². The number of carbonyl (C=O) groups excluding carboxylic acids is 1. The first-order valence-electron chi connectivity index (χ1n) is 6.53. The summed E-state index contributed by atoms with van der Waals surface area (Å²) in [6, 6.07) is 7.84. The van der Waals surface area contributed by atoms with Gasteiger partial charge in [-0.25, -0.2) is 4.79 Å². The summed E-state index contributed by atoms with van der Waals surface area (Å²) in [5.74, 6) is 0.0740. The van der Waals surface area contributed by atoms with Crippen LogP contribution in [0.5, 0.6) is 0 Å². The summed E-state index contributed by atoms with van der Waals surface area (Å²) in [5, 5.41) is 11.6. The van der Waals surface area contributed by atoms with Crippen molar-refractivity contribution in [2.75, 3.05) is 19.3 Å². The lowest BCUT2D eigenvalue weighted by atomic mass is 10.0. The minimum absolute atomic E-state index is 0.00669. The second kappa shape index (κ2) is 6.65. The van der Waals surface area contributed by atoms with Gasteiger partial charge < -0.3 is 15.3 Å². The van der Waals surface area contributed by atoms with Gasteiger partial charge >= 0.3 is 12.0 Å². The maximum Gasteiger partial charge on any atom is 0.317 e. The first-order valence-corrected chi connectivity index (χ1v) is 7.51. The maximum atomic E-state index is 12.0. The Morgan fingerprint density at radius 1 is 1.45 bits per heavy atom. The van der Waals surface area contributed by atoms with Crippen molar-refractivity contribution >= 4 is 23.8 Å². The summed E-state index contributed by atoms with van der Waals surface area (Å²) >= 11 is 1.80. The molecule has 108 valence electrons. The predicted octanol–water partition coefficient (Wildman–Crippen LogP) is 2.34. The molecular formula is C14H18N2O3S. The summed E-state index contributed by atoms with van der Waals surface area (Å²) in [4.78, 5) is 25.2. The van der Waals surface area contributed by atoms with Crippen LogP contribution in [0.4, 0.5) is 4.79 Å². The van der Waals surface area contributed by atoms with Gasteiger partial charge in [-0.05, 0) is 18.1 Å². The number of benzene rings is 1. The number of carboxylic acids is 1. The number of urea groups is 1. The van der Waals surface area contributed by atoms with Crippen LogP contribution in [0, 0.1) is 0 Å². The number of carbonyl (C=O) groups is 2. The Kier molecular flexibility index (Phi) is 4.89. The minimum Gasteiger partial charge on any atom is -0.481 e. The summed E-state index contributed by atoms with van der Waals surface area (Å²) in [6.45, 7) is 0.213. The van der Waals surface area contributed by atoms with Gasteiger partial charge in [-0.1, -0.05) is 18.2 Å². The number of carboxylic acid groups (broad SMARTS) is 1. The highest BCUT2D eigenvalue weighted by Crippen LogP contribution is 2.35. The smallest absolute Gasteiger partial charge is 0.317 e. The molecule has 20 heavy (non-hydrogen) atoms. The quantitative estimate of drug-likeness (QED) is 0.894. The fraction of sp³-hybridized carbons (Fsp3) is 0.429. The fourth-order valence-corrected chi connectivity index (χ4v) is 3.24. The fourth-order valence-electron chi connectivity index (χ4n) is 2.12. The molecule has 1 aliphatic heterocycles. The van der Waals surface area contributed by atoms with Crippen molar-refractivity contribution in [3.05, 3.63) is 29.8 Å². The van der Waals surface area contributed by atoms with Crippen LogP contribution in [0.3, 0.4) is 0 Å². The molecule has 1 aromatic carbocycles. The molecule has 5 nitrogen and oxygen atoms in total. The van der Waals surface area contributed by atoms with Gasteiger partial charge in [-0.15, -0.1) is 11.8 Å². The van der Waals surface area contributed by atoms with Crippen molar-refractivity contribution in [1.82, 2.24) is 10.2 Å². The standard InChI is InChI=1S/C14H18N2O3S/c1-16(8-6-13(17)18)14(19)15-11-7-9-20-12-5-3-2-4-10(11)12/h2-5,11H,6-9H2,1H3,(H,15,19)(H,17,18). The molecule has 6 heteroatoms. The predicted molar refractivity (Wildman–Crippen MR) is 77.9 cm³/mol. The van der Waals surface area contributed by atoms with E-state index in [0.717, 1.165) is 17.7 Å². The number of hydrogen-bond acceptors (Lipinski definition) is 3. The van der Waals surface area contributed by atoms with E-state index in [-0.39, 0.29) is 25.0 Å². The Morgan fingerprint density at radius 2 is 2.20 bits per heavy atom. The molecule has 2 N–H and O–H groups in total. The molecule has 2 rings (SSSR count). The third-order valence-corrected chi connectivity index (χ3v) is 4.39. The van der Waals surface area contributed by atoms with Gasteiger partial charge in [0.15, 0.2) is 0 Å². The normalized spacial score (nSPS) is 17.1. The van der Waals surface area contributed by atoms with Gasteiger partial charge in [0.2, 0.25) is 0 Å². The number of nitrogens with zero attached hydrogens (tertiary/aromatic N) is 1. The first-order chi connectivity index (χ1) is 9.58. The van der Waals surface area contributed by atoms with Crippen molar-refractivity contribution in [3.8, 4) is 0 Å². The Labute approximate surface area is 122 Å². The molecule has 0 spiro atoms. The number of fused-ring (bicyclic) bond motifs is 1. The van der Waals surface area contributed by atoms with E-state index >= 15 is 0 Å². The second-order valence-corrected chi connectivity index (χ2v) is 5.88. The molecule has 0 aliphatic carbocycles. The Hall–Kier alpha value is -1.69. The average molecular weight is 294 g/mol. The molecule has 1 aromatic rings. The van der Waals surface area contributed by atoms with Crippen LogP contribution < -0.4 is 5.32 Å².